The molecule has 188 valence electrons. The number of pyridine rings is 1. The molecular weight excluding hydrogens is 460 g/mol. The Morgan fingerprint density at radius 3 is 2.78 bits per heavy atom. The molecule has 10 nitrogen and oxygen atoms in total. The Hall–Kier alpha value is -3.76. The Bertz CT molecular complexity index is 1220. The van der Waals surface area contributed by atoms with Crippen LogP contribution in [0.15, 0.2) is 47.4 Å². The van der Waals surface area contributed by atoms with E-state index in [1.165, 1.54) is 13.1 Å². The first-order chi connectivity index (χ1) is 17.5. The molecule has 2 N–H and O–H groups in total. The number of amidine groups is 1. The van der Waals surface area contributed by atoms with Gasteiger partial charge in [0.15, 0.2) is 5.78 Å². The molecule has 0 bridgehead atoms. The van der Waals surface area contributed by atoms with E-state index in [4.69, 9.17) is 14.5 Å². The molecule has 1 amide bonds. The summed E-state index contributed by atoms with van der Waals surface area (Å²) in [7, 11) is 0. The minimum absolute atomic E-state index is 0.198. The van der Waals surface area contributed by atoms with Gasteiger partial charge in [-0.1, -0.05) is 6.07 Å². The van der Waals surface area contributed by atoms with Crippen LogP contribution < -0.4 is 15.4 Å². The molecule has 3 aliphatic rings. The number of benzene rings is 1. The molecule has 1 saturated heterocycles. The topological polar surface area (TPSA) is 108 Å². The SMILES string of the molecule is CC(=O)Nc1ccc(C(=O)/C=C2\Nc3c(ccc(C)c3OCCN3CCOCC3)C3=NCCN32)cn1. The Labute approximate surface area is 210 Å². The third-order valence-electron chi connectivity index (χ3n) is 6.36. The molecule has 0 spiro atoms. The summed E-state index contributed by atoms with van der Waals surface area (Å²) in [5.41, 5.74) is 3.23. The van der Waals surface area contributed by atoms with E-state index in [1.807, 2.05) is 24.0 Å². The van der Waals surface area contributed by atoms with Gasteiger partial charge in [0.05, 0.1) is 25.4 Å². The monoisotopic (exact) mass is 490 g/mol. The van der Waals surface area contributed by atoms with Gasteiger partial charge in [-0.05, 0) is 30.7 Å². The zero-order chi connectivity index (χ0) is 25.1. The molecule has 0 aliphatic carbocycles. The highest BCUT2D eigenvalue weighted by Crippen LogP contribution is 2.39. The summed E-state index contributed by atoms with van der Waals surface area (Å²) in [6, 6.07) is 7.36. The van der Waals surface area contributed by atoms with Crippen molar-refractivity contribution in [2.45, 2.75) is 13.8 Å². The van der Waals surface area contributed by atoms with E-state index >= 15 is 0 Å². The van der Waals surface area contributed by atoms with E-state index in [9.17, 15) is 9.59 Å². The van der Waals surface area contributed by atoms with Gasteiger partial charge in [-0.15, -0.1) is 0 Å². The quantitative estimate of drug-likeness (QED) is 0.450. The van der Waals surface area contributed by atoms with Crippen LogP contribution in [0.4, 0.5) is 11.5 Å². The number of carbonyl (C=O) groups excluding carboxylic acids is 2. The highest BCUT2D eigenvalue weighted by molar-refractivity contribution is 6.11. The summed E-state index contributed by atoms with van der Waals surface area (Å²) in [4.78, 5) is 37.5. The van der Waals surface area contributed by atoms with Gasteiger partial charge in [0, 0.05) is 56.5 Å². The number of aryl methyl sites for hydroxylation is 1. The molecule has 3 aliphatic heterocycles. The van der Waals surface area contributed by atoms with Crippen molar-refractivity contribution in [1.82, 2.24) is 14.8 Å². The number of ether oxygens (including phenoxy) is 2. The Morgan fingerprint density at radius 1 is 1.19 bits per heavy atom. The first kappa shape index (κ1) is 24.0. The number of carbonyl (C=O) groups is 2. The number of aliphatic imine (C=N–C) groups is 1. The zero-order valence-corrected chi connectivity index (χ0v) is 20.5. The van der Waals surface area contributed by atoms with Crippen LogP contribution in [-0.4, -0.2) is 84.9 Å². The fraction of sp³-hybridized carbons (Fsp3) is 0.385. The number of amides is 1. The van der Waals surface area contributed by atoms with Gasteiger partial charge in [0.2, 0.25) is 5.91 Å². The second-order valence-electron chi connectivity index (χ2n) is 8.93. The average Bonchev–Trinajstić information content (AvgIpc) is 3.37. The number of hydrogen-bond donors (Lipinski definition) is 2. The molecule has 36 heavy (non-hydrogen) atoms. The van der Waals surface area contributed by atoms with Crippen LogP contribution in [0.3, 0.4) is 0 Å². The van der Waals surface area contributed by atoms with Gasteiger partial charge in [0.25, 0.3) is 0 Å². The molecule has 0 unspecified atom stereocenters. The normalized spacial score (nSPS) is 18.2. The van der Waals surface area contributed by atoms with E-state index in [0.29, 0.717) is 36.9 Å². The minimum atomic E-state index is -0.215. The summed E-state index contributed by atoms with van der Waals surface area (Å²) in [5, 5.41) is 6.06. The van der Waals surface area contributed by atoms with Crippen molar-refractivity contribution in [2.75, 3.05) is 63.2 Å². The van der Waals surface area contributed by atoms with Gasteiger partial charge in [0.1, 0.15) is 29.8 Å². The molecule has 4 heterocycles. The highest BCUT2D eigenvalue weighted by atomic mass is 16.5. The van der Waals surface area contributed by atoms with Crippen molar-refractivity contribution >= 4 is 29.0 Å². The first-order valence-corrected chi connectivity index (χ1v) is 12.1. The fourth-order valence-electron chi connectivity index (χ4n) is 4.51. The van der Waals surface area contributed by atoms with Gasteiger partial charge in [-0.3, -0.25) is 19.5 Å². The van der Waals surface area contributed by atoms with Crippen molar-refractivity contribution in [1.29, 1.82) is 0 Å². The maximum absolute atomic E-state index is 13.1. The molecule has 1 aromatic carbocycles. The highest BCUT2D eigenvalue weighted by Gasteiger charge is 2.32. The first-order valence-electron chi connectivity index (χ1n) is 12.1. The molecule has 1 fully saturated rings. The Balaban J connectivity index is 1.38. The number of hydrogen-bond acceptors (Lipinski definition) is 9. The Kier molecular flexibility index (Phi) is 6.97. The summed E-state index contributed by atoms with van der Waals surface area (Å²) in [5.74, 6) is 2.25. The summed E-state index contributed by atoms with van der Waals surface area (Å²) in [6.45, 7) is 9.47. The van der Waals surface area contributed by atoms with Crippen LogP contribution in [0.5, 0.6) is 5.75 Å². The number of fused-ring (bicyclic) bond motifs is 3. The minimum Gasteiger partial charge on any atom is -0.490 e. The van der Waals surface area contributed by atoms with Crippen LogP contribution in [0.25, 0.3) is 0 Å². The summed E-state index contributed by atoms with van der Waals surface area (Å²) in [6.07, 6.45) is 3.03. The van der Waals surface area contributed by atoms with Gasteiger partial charge in [-0.2, -0.15) is 0 Å². The molecular formula is C26H30N6O4. The maximum Gasteiger partial charge on any atom is 0.222 e. The third kappa shape index (κ3) is 5.09. The Morgan fingerprint density at radius 2 is 2.03 bits per heavy atom. The molecule has 1 aromatic heterocycles. The molecule has 10 heteroatoms. The zero-order valence-electron chi connectivity index (χ0n) is 20.5. The third-order valence-corrected chi connectivity index (χ3v) is 6.36. The van der Waals surface area contributed by atoms with Crippen LogP contribution in [0.1, 0.15) is 28.4 Å². The molecule has 2 aromatic rings. The van der Waals surface area contributed by atoms with Crippen molar-refractivity contribution in [3.63, 3.8) is 0 Å². The van der Waals surface area contributed by atoms with Crippen LogP contribution in [-0.2, 0) is 9.53 Å². The van der Waals surface area contributed by atoms with Crippen LogP contribution in [0, 0.1) is 6.92 Å². The maximum atomic E-state index is 13.1. The van der Waals surface area contributed by atoms with Crippen molar-refractivity contribution in [3.05, 3.63) is 59.0 Å². The van der Waals surface area contributed by atoms with E-state index < -0.39 is 0 Å². The number of ketones is 1. The predicted molar refractivity (Wildman–Crippen MR) is 137 cm³/mol. The predicted octanol–water partition coefficient (Wildman–Crippen LogP) is 2.27. The number of aromatic nitrogens is 1. The van der Waals surface area contributed by atoms with E-state index in [1.54, 1.807) is 18.2 Å². The van der Waals surface area contributed by atoms with E-state index in [2.05, 4.69) is 20.5 Å². The number of rotatable bonds is 7. The van der Waals surface area contributed by atoms with Gasteiger partial charge in [-0.25, -0.2) is 4.98 Å². The van der Waals surface area contributed by atoms with Gasteiger partial charge < -0.3 is 25.0 Å². The largest absolute Gasteiger partial charge is 0.490 e. The van der Waals surface area contributed by atoms with Crippen LogP contribution in [0.2, 0.25) is 0 Å². The lowest BCUT2D eigenvalue weighted by Crippen LogP contribution is -2.39. The molecule has 0 saturated carbocycles. The smallest absolute Gasteiger partial charge is 0.222 e. The molecule has 5 rings (SSSR count). The van der Waals surface area contributed by atoms with Crippen molar-refractivity contribution in [3.8, 4) is 5.75 Å². The van der Waals surface area contributed by atoms with E-state index in [0.717, 1.165) is 61.2 Å². The lowest BCUT2D eigenvalue weighted by atomic mass is 10.0. The second-order valence-corrected chi connectivity index (χ2v) is 8.93. The van der Waals surface area contributed by atoms with Crippen molar-refractivity contribution in [2.24, 2.45) is 4.99 Å². The van der Waals surface area contributed by atoms with Crippen LogP contribution >= 0.6 is 0 Å². The molecule has 0 radical (unpaired) electrons. The number of nitrogens with zero attached hydrogens (tertiary/aromatic N) is 4. The second kappa shape index (κ2) is 10.5. The lowest BCUT2D eigenvalue weighted by molar-refractivity contribution is -0.114. The number of nitrogens with one attached hydrogen (secondary N) is 2. The van der Waals surface area contributed by atoms with E-state index in [-0.39, 0.29) is 11.7 Å². The summed E-state index contributed by atoms with van der Waals surface area (Å²) < 4.78 is 11.7. The lowest BCUT2D eigenvalue weighted by Gasteiger charge is -2.33. The standard InChI is InChI=1S/C26H30N6O4/c1-17-3-5-20-24(25(17)36-14-11-31-9-12-35-13-10-31)30-23(32-8-7-27-26(20)32)15-21(34)19-4-6-22(28-16-19)29-18(2)33/h3-6,15-16,30H,7-14H2,1-2H3,(H,28,29,33)/b23-15+. The van der Waals surface area contributed by atoms with Crippen molar-refractivity contribution < 1.29 is 19.1 Å². The number of allylic oxidation sites excluding steroid dienone is 1. The number of morpholine rings is 1. The summed E-state index contributed by atoms with van der Waals surface area (Å²) >= 11 is 0. The fourth-order valence-corrected chi connectivity index (χ4v) is 4.51. The van der Waals surface area contributed by atoms with Gasteiger partial charge >= 0.3 is 0 Å². The molecule has 0 atom stereocenters. The average molecular weight is 491 g/mol. The number of anilines is 2.